The van der Waals surface area contributed by atoms with E-state index in [2.05, 4.69) is 16.0 Å². The Balaban J connectivity index is 1.29. The summed E-state index contributed by atoms with van der Waals surface area (Å²) in [5, 5.41) is 9.69. The van der Waals surface area contributed by atoms with Crippen LogP contribution in [0.3, 0.4) is 0 Å². The van der Waals surface area contributed by atoms with Gasteiger partial charge in [-0.2, -0.15) is 0 Å². The zero-order valence-corrected chi connectivity index (χ0v) is 15.8. The number of para-hydroxylation sites is 1. The molecule has 6 heteroatoms. The zero-order chi connectivity index (χ0) is 18.9. The summed E-state index contributed by atoms with van der Waals surface area (Å²) in [6, 6.07) is 10.1. The standard InChI is InChI=1S/C21H29N3O3/c25-20-18(19(21(20)26)24-16-9-8-12-22-15-16)23-13-6-1-2-7-14-27-17-10-4-3-5-11-17/h3-5,10-11,16,22-24H,1-2,6-9,12-15H2. The van der Waals surface area contributed by atoms with E-state index in [4.69, 9.17) is 4.74 Å². The van der Waals surface area contributed by atoms with Crippen molar-refractivity contribution >= 4 is 11.4 Å². The summed E-state index contributed by atoms with van der Waals surface area (Å²) in [4.78, 5) is 23.6. The lowest BCUT2D eigenvalue weighted by atomic mass is 10.1. The van der Waals surface area contributed by atoms with E-state index in [9.17, 15) is 9.59 Å². The Labute approximate surface area is 160 Å². The summed E-state index contributed by atoms with van der Waals surface area (Å²) in [5.41, 5.74) is 0.168. The van der Waals surface area contributed by atoms with Crippen LogP contribution in [0, 0.1) is 0 Å². The third-order valence-corrected chi connectivity index (χ3v) is 4.94. The molecule has 1 atom stereocenters. The highest BCUT2D eigenvalue weighted by Gasteiger charge is 2.23. The first kappa shape index (κ1) is 19.4. The molecule has 0 amide bonds. The first-order chi connectivity index (χ1) is 13.3. The Morgan fingerprint density at radius 2 is 1.78 bits per heavy atom. The highest BCUT2D eigenvalue weighted by Crippen LogP contribution is 2.18. The number of nitrogens with one attached hydrogen (secondary N) is 3. The molecule has 0 bridgehead atoms. The van der Waals surface area contributed by atoms with E-state index >= 15 is 0 Å². The molecule has 0 saturated carbocycles. The molecule has 3 N–H and O–H groups in total. The van der Waals surface area contributed by atoms with Crippen molar-refractivity contribution < 1.29 is 4.74 Å². The summed E-state index contributed by atoms with van der Waals surface area (Å²) in [7, 11) is 0. The van der Waals surface area contributed by atoms with E-state index in [1.165, 1.54) is 0 Å². The smallest absolute Gasteiger partial charge is 0.253 e. The lowest BCUT2D eigenvalue weighted by molar-refractivity contribution is 0.305. The molecule has 0 radical (unpaired) electrons. The largest absolute Gasteiger partial charge is 0.494 e. The van der Waals surface area contributed by atoms with Crippen molar-refractivity contribution in [3.05, 3.63) is 50.8 Å². The predicted octanol–water partition coefficient (Wildman–Crippen LogP) is 2.50. The van der Waals surface area contributed by atoms with Crippen molar-refractivity contribution in [2.75, 3.05) is 36.9 Å². The molecule has 1 heterocycles. The number of piperidine rings is 1. The van der Waals surface area contributed by atoms with Gasteiger partial charge in [-0.05, 0) is 44.4 Å². The molecule has 0 aliphatic carbocycles. The number of hydrogen-bond donors (Lipinski definition) is 3. The van der Waals surface area contributed by atoms with Gasteiger partial charge in [0.1, 0.15) is 17.1 Å². The van der Waals surface area contributed by atoms with Crippen LogP contribution in [-0.2, 0) is 0 Å². The Morgan fingerprint density at radius 1 is 1.00 bits per heavy atom. The Hall–Kier alpha value is -2.34. The molecule has 1 aliphatic rings. The van der Waals surface area contributed by atoms with Gasteiger partial charge >= 0.3 is 0 Å². The van der Waals surface area contributed by atoms with Crippen LogP contribution in [0.4, 0.5) is 11.4 Å². The maximum absolute atomic E-state index is 11.8. The summed E-state index contributed by atoms with van der Waals surface area (Å²) < 4.78 is 5.67. The predicted molar refractivity (Wildman–Crippen MR) is 110 cm³/mol. The minimum atomic E-state index is -0.391. The van der Waals surface area contributed by atoms with Gasteiger partial charge in [-0.3, -0.25) is 9.59 Å². The monoisotopic (exact) mass is 371 g/mol. The fourth-order valence-electron chi connectivity index (χ4n) is 3.38. The molecular weight excluding hydrogens is 342 g/mol. The average Bonchev–Trinajstić information content (AvgIpc) is 2.72. The van der Waals surface area contributed by atoms with Crippen molar-refractivity contribution in [1.82, 2.24) is 5.32 Å². The lowest BCUT2D eigenvalue weighted by Gasteiger charge is -2.26. The second-order valence-electron chi connectivity index (χ2n) is 7.10. The van der Waals surface area contributed by atoms with Crippen molar-refractivity contribution in [1.29, 1.82) is 0 Å². The molecule has 0 aromatic heterocycles. The average molecular weight is 371 g/mol. The van der Waals surface area contributed by atoms with Crippen molar-refractivity contribution in [3.8, 4) is 5.75 Å². The molecule has 2 aromatic rings. The van der Waals surface area contributed by atoms with Crippen LogP contribution in [0.1, 0.15) is 38.5 Å². The molecule has 3 rings (SSSR count). The molecule has 0 spiro atoms. The third kappa shape index (κ3) is 5.57. The first-order valence-electron chi connectivity index (χ1n) is 9.98. The van der Waals surface area contributed by atoms with E-state index in [1.807, 2.05) is 30.3 Å². The molecule has 146 valence electrons. The zero-order valence-electron chi connectivity index (χ0n) is 15.8. The minimum absolute atomic E-state index is 0.229. The highest BCUT2D eigenvalue weighted by molar-refractivity contribution is 5.74. The van der Waals surface area contributed by atoms with E-state index in [0.29, 0.717) is 17.9 Å². The van der Waals surface area contributed by atoms with E-state index in [1.54, 1.807) is 0 Å². The van der Waals surface area contributed by atoms with Crippen LogP contribution in [0.2, 0.25) is 0 Å². The molecule has 27 heavy (non-hydrogen) atoms. The Kier molecular flexibility index (Phi) is 7.27. The Morgan fingerprint density at radius 3 is 2.56 bits per heavy atom. The summed E-state index contributed by atoms with van der Waals surface area (Å²) in [6.45, 7) is 3.29. The van der Waals surface area contributed by atoms with Crippen LogP contribution in [0.5, 0.6) is 5.75 Å². The van der Waals surface area contributed by atoms with Gasteiger partial charge in [0.05, 0.1) is 6.61 Å². The second kappa shape index (κ2) is 10.1. The fraction of sp³-hybridized carbons (Fsp3) is 0.524. The van der Waals surface area contributed by atoms with Gasteiger partial charge in [0, 0.05) is 19.1 Å². The number of unbranched alkanes of at least 4 members (excludes halogenated alkanes) is 3. The summed E-state index contributed by atoms with van der Waals surface area (Å²) >= 11 is 0. The Bertz CT molecular complexity index is 763. The minimum Gasteiger partial charge on any atom is -0.494 e. The normalized spacial score (nSPS) is 17.0. The van der Waals surface area contributed by atoms with Gasteiger partial charge in [-0.25, -0.2) is 0 Å². The number of hydrogen-bond acceptors (Lipinski definition) is 6. The molecule has 1 fully saturated rings. The van der Waals surface area contributed by atoms with Gasteiger partial charge in [0.2, 0.25) is 0 Å². The molecule has 1 saturated heterocycles. The van der Waals surface area contributed by atoms with Crippen LogP contribution in [-0.4, -0.2) is 32.3 Å². The van der Waals surface area contributed by atoms with Crippen LogP contribution >= 0.6 is 0 Å². The lowest BCUT2D eigenvalue weighted by Crippen LogP contribution is -2.44. The number of anilines is 2. The maximum Gasteiger partial charge on any atom is 0.253 e. The highest BCUT2D eigenvalue weighted by atomic mass is 16.5. The van der Waals surface area contributed by atoms with Gasteiger partial charge in [-0.1, -0.05) is 31.0 Å². The first-order valence-corrected chi connectivity index (χ1v) is 9.98. The van der Waals surface area contributed by atoms with Gasteiger partial charge in [0.25, 0.3) is 10.9 Å². The van der Waals surface area contributed by atoms with Crippen molar-refractivity contribution in [2.45, 2.75) is 44.6 Å². The number of rotatable bonds is 11. The third-order valence-electron chi connectivity index (χ3n) is 4.94. The summed E-state index contributed by atoms with van der Waals surface area (Å²) in [6.07, 6.45) is 6.24. The summed E-state index contributed by atoms with van der Waals surface area (Å²) in [5.74, 6) is 0.910. The molecule has 1 aliphatic heterocycles. The van der Waals surface area contributed by atoms with Crippen molar-refractivity contribution in [3.63, 3.8) is 0 Å². The molecule has 2 aromatic carbocycles. The van der Waals surface area contributed by atoms with E-state index < -0.39 is 5.43 Å². The topological polar surface area (TPSA) is 79.5 Å². The molecular formula is C21H29N3O3. The van der Waals surface area contributed by atoms with Crippen LogP contribution in [0.25, 0.3) is 0 Å². The van der Waals surface area contributed by atoms with Crippen LogP contribution in [0.15, 0.2) is 39.9 Å². The van der Waals surface area contributed by atoms with Gasteiger partial charge in [0.15, 0.2) is 0 Å². The van der Waals surface area contributed by atoms with Gasteiger partial charge < -0.3 is 20.7 Å². The fourth-order valence-corrected chi connectivity index (χ4v) is 3.38. The quantitative estimate of drug-likeness (QED) is 0.416. The molecule has 1 unspecified atom stereocenters. The van der Waals surface area contributed by atoms with Crippen LogP contribution < -0.4 is 31.5 Å². The van der Waals surface area contributed by atoms with Gasteiger partial charge in [-0.15, -0.1) is 0 Å². The second-order valence-corrected chi connectivity index (χ2v) is 7.10. The van der Waals surface area contributed by atoms with E-state index in [0.717, 1.165) is 64.0 Å². The van der Waals surface area contributed by atoms with E-state index in [-0.39, 0.29) is 11.5 Å². The molecule has 6 nitrogen and oxygen atoms in total. The number of benzene rings is 1. The number of ether oxygens (including phenoxy) is 1. The van der Waals surface area contributed by atoms with Crippen molar-refractivity contribution in [2.24, 2.45) is 0 Å². The maximum atomic E-state index is 11.8. The SMILES string of the molecule is O=c1c(NCCCCCCOc2ccccc2)c(NC2CCCNC2)c1=O.